The zero-order valence-electron chi connectivity index (χ0n) is 16.4. The summed E-state index contributed by atoms with van der Waals surface area (Å²) < 4.78 is 0. The summed E-state index contributed by atoms with van der Waals surface area (Å²) in [6.45, 7) is 3.89. The zero-order chi connectivity index (χ0) is 19.7. The van der Waals surface area contributed by atoms with Crippen LogP contribution in [0.1, 0.15) is 24.1 Å². The van der Waals surface area contributed by atoms with Crippen LogP contribution < -0.4 is 5.32 Å². The molecule has 6 nitrogen and oxygen atoms in total. The van der Waals surface area contributed by atoms with Gasteiger partial charge in [-0.1, -0.05) is 23.8 Å². The second kappa shape index (κ2) is 7.26. The Morgan fingerprint density at radius 1 is 1.25 bits per heavy atom. The number of rotatable bonds is 4. The van der Waals surface area contributed by atoms with Gasteiger partial charge in [0.15, 0.2) is 0 Å². The van der Waals surface area contributed by atoms with Gasteiger partial charge in [0.1, 0.15) is 0 Å². The Bertz CT molecular complexity index is 868. The summed E-state index contributed by atoms with van der Waals surface area (Å²) in [5.74, 6) is 0.171. The lowest BCUT2D eigenvalue weighted by molar-refractivity contribution is -0.132. The summed E-state index contributed by atoms with van der Waals surface area (Å²) in [5.41, 5.74) is 2.81. The van der Waals surface area contributed by atoms with Crippen LogP contribution in [0.4, 0.5) is 10.5 Å². The number of hydrogen-bond acceptors (Lipinski definition) is 3. The number of hydrogen-bond donors (Lipinski definition) is 1. The molecule has 2 fully saturated rings. The molecule has 2 aromatic rings. The van der Waals surface area contributed by atoms with E-state index in [-0.39, 0.29) is 23.3 Å². The molecule has 1 spiro atoms. The van der Waals surface area contributed by atoms with Crippen molar-refractivity contribution in [1.29, 1.82) is 0 Å². The van der Waals surface area contributed by atoms with Crippen LogP contribution in [-0.4, -0.2) is 46.9 Å². The lowest BCUT2D eigenvalue weighted by Gasteiger charge is -2.20. The number of amides is 3. The topological polar surface area (TPSA) is 65.5 Å². The van der Waals surface area contributed by atoms with E-state index in [1.54, 1.807) is 11.1 Å². The number of likely N-dealkylation sites (tertiary alicyclic amines) is 1. The Balaban J connectivity index is 1.32. The van der Waals surface area contributed by atoms with E-state index in [2.05, 4.69) is 10.3 Å². The minimum absolute atomic E-state index is 0.0124. The number of anilines is 1. The van der Waals surface area contributed by atoms with Crippen molar-refractivity contribution in [1.82, 2.24) is 14.8 Å². The lowest BCUT2D eigenvalue weighted by atomic mass is 10.0. The summed E-state index contributed by atoms with van der Waals surface area (Å²) in [7, 11) is 1.83. The lowest BCUT2D eigenvalue weighted by Crippen LogP contribution is -2.34. The summed E-state index contributed by atoms with van der Waals surface area (Å²) in [6, 6.07) is 13.4. The minimum atomic E-state index is -0.0827. The number of carbonyl (C=O) groups is 2. The quantitative estimate of drug-likeness (QED) is 0.888. The van der Waals surface area contributed by atoms with Crippen LogP contribution >= 0.6 is 0 Å². The summed E-state index contributed by atoms with van der Waals surface area (Å²) >= 11 is 0. The standard InChI is InChI=1S/C22H26N4O2/c1-16-6-8-17(9-7-16)24-21(28)26-12-10-22(15-26)13-19(22)20(27)25(2)14-18-5-3-4-11-23-18/h3-9,11,19H,10,12-15H2,1-2H3,(H,24,28)/t19-,22+/m0/s1. The molecule has 1 saturated carbocycles. The average molecular weight is 378 g/mol. The van der Waals surface area contributed by atoms with Crippen LogP contribution in [0.2, 0.25) is 0 Å². The van der Waals surface area contributed by atoms with Crippen molar-refractivity contribution < 1.29 is 9.59 Å². The van der Waals surface area contributed by atoms with Gasteiger partial charge in [0.2, 0.25) is 5.91 Å². The van der Waals surface area contributed by atoms with Gasteiger partial charge < -0.3 is 15.1 Å². The number of aromatic nitrogens is 1. The van der Waals surface area contributed by atoms with Crippen LogP contribution in [-0.2, 0) is 11.3 Å². The van der Waals surface area contributed by atoms with Gasteiger partial charge in [0.25, 0.3) is 0 Å². The van der Waals surface area contributed by atoms with Crippen LogP contribution in [0.25, 0.3) is 0 Å². The van der Waals surface area contributed by atoms with E-state index in [1.165, 1.54) is 0 Å². The molecule has 1 aliphatic heterocycles. The molecule has 1 saturated heterocycles. The first-order valence-corrected chi connectivity index (χ1v) is 9.74. The fourth-order valence-electron chi connectivity index (χ4n) is 4.14. The van der Waals surface area contributed by atoms with Crippen LogP contribution in [0.5, 0.6) is 0 Å². The number of pyridine rings is 1. The van der Waals surface area contributed by atoms with Crippen molar-refractivity contribution in [3.8, 4) is 0 Å². The highest BCUT2D eigenvalue weighted by Gasteiger charge is 2.61. The van der Waals surface area contributed by atoms with Gasteiger partial charge >= 0.3 is 6.03 Å². The molecule has 1 aliphatic carbocycles. The Morgan fingerprint density at radius 2 is 2.04 bits per heavy atom. The van der Waals surface area contributed by atoms with Gasteiger partial charge in [-0.15, -0.1) is 0 Å². The molecule has 6 heteroatoms. The van der Waals surface area contributed by atoms with E-state index in [0.717, 1.165) is 29.8 Å². The van der Waals surface area contributed by atoms with Gasteiger partial charge in [0.05, 0.1) is 12.2 Å². The van der Waals surface area contributed by atoms with Crippen molar-refractivity contribution in [3.63, 3.8) is 0 Å². The highest BCUT2D eigenvalue weighted by atomic mass is 16.2. The van der Waals surface area contributed by atoms with E-state index < -0.39 is 0 Å². The number of benzene rings is 1. The first kappa shape index (κ1) is 18.5. The first-order chi connectivity index (χ1) is 13.5. The van der Waals surface area contributed by atoms with Gasteiger partial charge in [-0.2, -0.15) is 0 Å². The molecule has 146 valence electrons. The molecule has 2 atom stereocenters. The highest BCUT2D eigenvalue weighted by Crippen LogP contribution is 2.59. The van der Waals surface area contributed by atoms with E-state index in [4.69, 9.17) is 0 Å². The summed E-state index contributed by atoms with van der Waals surface area (Å²) in [4.78, 5) is 33.3. The Kier molecular flexibility index (Phi) is 4.79. The molecule has 4 rings (SSSR count). The molecule has 0 bridgehead atoms. The maximum atomic E-state index is 12.8. The molecule has 28 heavy (non-hydrogen) atoms. The van der Waals surface area contributed by atoms with Crippen molar-refractivity contribution in [2.24, 2.45) is 11.3 Å². The van der Waals surface area contributed by atoms with E-state index in [1.807, 2.05) is 61.3 Å². The van der Waals surface area contributed by atoms with Gasteiger partial charge in [-0.05, 0) is 44.0 Å². The third-order valence-electron chi connectivity index (χ3n) is 5.96. The summed E-state index contributed by atoms with van der Waals surface area (Å²) in [5, 5.41) is 2.96. The number of carbonyl (C=O) groups excluding carboxylic acids is 2. The van der Waals surface area contributed by atoms with Crippen molar-refractivity contribution in [2.45, 2.75) is 26.3 Å². The van der Waals surface area contributed by atoms with Crippen molar-refractivity contribution >= 4 is 17.6 Å². The molecule has 2 aliphatic rings. The fraction of sp³-hybridized carbons (Fsp3) is 0.409. The second-order valence-corrected chi connectivity index (χ2v) is 8.10. The zero-order valence-corrected chi connectivity index (χ0v) is 16.4. The SMILES string of the molecule is Cc1ccc(NC(=O)N2CC[C@@]3(C[C@H]3C(=O)N(C)Cc3ccccn3)C2)cc1. The van der Waals surface area contributed by atoms with Crippen LogP contribution in [0.15, 0.2) is 48.7 Å². The third-order valence-corrected chi connectivity index (χ3v) is 5.96. The summed E-state index contributed by atoms with van der Waals surface area (Å²) in [6.07, 6.45) is 3.50. The van der Waals surface area contributed by atoms with Crippen molar-refractivity contribution in [3.05, 3.63) is 59.9 Å². The predicted molar refractivity (Wildman–Crippen MR) is 108 cm³/mol. The molecule has 0 radical (unpaired) electrons. The average Bonchev–Trinajstić information content (AvgIpc) is 3.22. The van der Waals surface area contributed by atoms with Gasteiger partial charge in [-0.3, -0.25) is 9.78 Å². The molecular weight excluding hydrogens is 352 g/mol. The monoisotopic (exact) mass is 378 g/mol. The molecule has 2 heterocycles. The van der Waals surface area contributed by atoms with Crippen LogP contribution in [0.3, 0.4) is 0 Å². The number of nitrogens with zero attached hydrogens (tertiary/aromatic N) is 3. The molecular formula is C22H26N4O2. The van der Waals surface area contributed by atoms with E-state index in [9.17, 15) is 9.59 Å². The molecule has 1 aromatic heterocycles. The Morgan fingerprint density at radius 3 is 2.75 bits per heavy atom. The number of urea groups is 1. The third kappa shape index (κ3) is 3.72. The maximum absolute atomic E-state index is 12.8. The normalized spacial score (nSPS) is 22.9. The van der Waals surface area contributed by atoms with Gasteiger partial charge in [0, 0.05) is 43.4 Å². The van der Waals surface area contributed by atoms with Crippen LogP contribution in [0, 0.1) is 18.3 Å². The van der Waals surface area contributed by atoms with E-state index in [0.29, 0.717) is 19.6 Å². The predicted octanol–water partition coefficient (Wildman–Crippen LogP) is 3.29. The Labute approximate surface area is 165 Å². The highest BCUT2D eigenvalue weighted by molar-refractivity contribution is 5.90. The minimum Gasteiger partial charge on any atom is -0.340 e. The molecule has 3 amide bonds. The molecule has 1 aromatic carbocycles. The van der Waals surface area contributed by atoms with Gasteiger partial charge in [-0.25, -0.2) is 4.79 Å². The smallest absolute Gasteiger partial charge is 0.321 e. The molecule has 1 N–H and O–H groups in total. The maximum Gasteiger partial charge on any atom is 0.321 e. The first-order valence-electron chi connectivity index (χ1n) is 9.74. The largest absolute Gasteiger partial charge is 0.340 e. The van der Waals surface area contributed by atoms with E-state index >= 15 is 0 Å². The number of aryl methyl sites for hydroxylation is 1. The fourth-order valence-corrected chi connectivity index (χ4v) is 4.14. The Hall–Kier alpha value is -2.89. The number of nitrogens with one attached hydrogen (secondary N) is 1. The van der Waals surface area contributed by atoms with Crippen molar-refractivity contribution in [2.75, 3.05) is 25.5 Å². The second-order valence-electron chi connectivity index (χ2n) is 8.10. The molecule has 0 unspecified atom stereocenters.